The fourth-order valence-electron chi connectivity index (χ4n) is 0.142. The van der Waals surface area contributed by atoms with Crippen LogP contribution in [0.1, 0.15) is 6.92 Å². The molecule has 0 aliphatic heterocycles. The Morgan fingerprint density at radius 2 is 1.64 bits per heavy atom. The average Bonchev–Trinajstić information content (AvgIpc) is 1.35. The topological polar surface area (TPSA) is 115 Å². The van der Waals surface area contributed by atoms with Gasteiger partial charge in [0, 0.05) is 0 Å². The first kappa shape index (κ1) is 40.3. The molecule has 0 heterocycles. The summed E-state index contributed by atoms with van der Waals surface area (Å²) in [5.41, 5.74) is 4.54. The molecule has 0 rings (SSSR count). The molecule has 0 fully saturated rings. The summed E-state index contributed by atoms with van der Waals surface area (Å²) in [6.07, 6.45) is -0.711. The minimum Gasteiger partial charge on any atom is -1.00 e. The van der Waals surface area contributed by atoms with Crippen LogP contribution in [0.3, 0.4) is 0 Å². The monoisotopic (exact) mass is 235 g/mol. The van der Waals surface area contributed by atoms with Crippen LogP contribution in [0.15, 0.2) is 0 Å². The first-order valence-corrected chi connectivity index (χ1v) is 1.69. The van der Waals surface area contributed by atoms with Crippen molar-refractivity contribution >= 4 is 43.8 Å². The van der Waals surface area contributed by atoms with Crippen molar-refractivity contribution in [1.29, 1.82) is 0 Å². The van der Waals surface area contributed by atoms with Gasteiger partial charge in [0.05, 0.1) is 6.61 Å². The smallest absolute Gasteiger partial charge is 1.00 e. The summed E-state index contributed by atoms with van der Waals surface area (Å²) in [5.74, 6) is 0. The molecule has 11 heavy (non-hydrogen) atoms. The molecule has 0 bridgehead atoms. The van der Waals surface area contributed by atoms with E-state index in [0.29, 0.717) is 6.61 Å². The second-order valence-electron chi connectivity index (χ2n) is 0.752. The third-order valence-electron chi connectivity index (χ3n) is 0.287. The van der Waals surface area contributed by atoms with E-state index in [-0.39, 0.29) is 73.5 Å². The number of ether oxygens (including phenoxy) is 1. The predicted octanol–water partition coefficient (Wildman–Crippen LogP) is -7.92. The zero-order chi connectivity index (χ0) is 4.99. The van der Waals surface area contributed by atoms with Crippen molar-refractivity contribution in [3.63, 3.8) is 0 Å². The number of carbonyl (C=O) groups excluding carboxylic acids is 1. The van der Waals surface area contributed by atoms with Gasteiger partial charge >= 0.3 is 43.8 Å². The van der Waals surface area contributed by atoms with Crippen molar-refractivity contribution in [2.75, 3.05) is 6.61 Å². The Balaban J connectivity index is -0.0000000125. The Bertz CT molecular complexity index is 67.3. The van der Waals surface area contributed by atoms with Crippen molar-refractivity contribution in [3.8, 4) is 0 Å². The summed E-state index contributed by atoms with van der Waals surface area (Å²) in [6, 6.07) is 0. The van der Waals surface area contributed by atoms with Crippen LogP contribution in [0, 0.1) is 0 Å². The SMILES string of the molecule is CCOC(N)=O.O.O.[Ca+2].[Cl-].[Cl-]. The van der Waals surface area contributed by atoms with E-state index in [1.165, 1.54) is 0 Å². The molecule has 0 spiro atoms. The normalized spacial score (nSPS) is 4.09. The van der Waals surface area contributed by atoms with Crippen LogP contribution in [-0.4, -0.2) is 61.4 Å². The van der Waals surface area contributed by atoms with E-state index in [9.17, 15) is 4.79 Å². The van der Waals surface area contributed by atoms with E-state index in [1.807, 2.05) is 0 Å². The van der Waals surface area contributed by atoms with Crippen molar-refractivity contribution in [2.45, 2.75) is 6.92 Å². The summed E-state index contributed by atoms with van der Waals surface area (Å²) in [5, 5.41) is 0. The Hall–Kier alpha value is 1.03. The van der Waals surface area contributed by atoms with Crippen molar-refractivity contribution in [2.24, 2.45) is 5.73 Å². The van der Waals surface area contributed by atoms with Gasteiger partial charge in [0.2, 0.25) is 0 Å². The summed E-state index contributed by atoms with van der Waals surface area (Å²) in [4.78, 5) is 9.60. The fraction of sp³-hybridized carbons (Fsp3) is 0.667. The number of carbonyl (C=O) groups is 1. The number of amides is 1. The zero-order valence-electron chi connectivity index (χ0n) is 6.06. The molecule has 0 saturated carbocycles. The van der Waals surface area contributed by atoms with Crippen LogP contribution in [0.5, 0.6) is 0 Å². The standard InChI is InChI=1S/C3H7NO2.Ca.2ClH.2H2O/c1-2-6-3(4)5;;;;;/h2H2,1H3,(H2,4,5);;2*1H;2*1H2/q;+2;;;;/p-2. The van der Waals surface area contributed by atoms with Crippen LogP contribution < -0.4 is 30.5 Å². The summed E-state index contributed by atoms with van der Waals surface area (Å²) in [6.45, 7) is 2.06. The fourth-order valence-corrected chi connectivity index (χ4v) is 0.142. The molecule has 0 aromatic rings. The van der Waals surface area contributed by atoms with Gasteiger partial charge in [0.15, 0.2) is 0 Å². The first-order valence-electron chi connectivity index (χ1n) is 1.69. The molecule has 0 unspecified atom stereocenters. The molecule has 0 aromatic carbocycles. The predicted molar refractivity (Wildman–Crippen MR) is 34.2 cm³/mol. The van der Waals surface area contributed by atoms with Gasteiger partial charge in [-0.1, -0.05) is 0 Å². The maximum atomic E-state index is 9.60. The number of primary amides is 1. The Labute approximate surface area is 107 Å². The Morgan fingerprint density at radius 1 is 1.36 bits per heavy atom. The molecule has 1 amide bonds. The van der Waals surface area contributed by atoms with Crippen LogP contribution in [-0.2, 0) is 4.74 Å². The molecule has 68 valence electrons. The van der Waals surface area contributed by atoms with Crippen LogP contribution in [0.25, 0.3) is 0 Å². The molecule has 0 aromatic heterocycles. The maximum Gasteiger partial charge on any atom is 2.00 e. The van der Waals surface area contributed by atoms with Crippen molar-refractivity contribution < 1.29 is 45.3 Å². The van der Waals surface area contributed by atoms with Gasteiger partial charge in [-0.2, -0.15) is 0 Å². The van der Waals surface area contributed by atoms with Gasteiger partial charge in [-0.05, 0) is 6.92 Å². The molecule has 8 heteroatoms. The Kier molecular flexibility index (Phi) is 112. The van der Waals surface area contributed by atoms with Crippen LogP contribution >= 0.6 is 0 Å². The van der Waals surface area contributed by atoms with E-state index in [0.717, 1.165) is 0 Å². The molecule has 0 saturated heterocycles. The molecule has 5 nitrogen and oxygen atoms in total. The second kappa shape index (κ2) is 30.5. The largest absolute Gasteiger partial charge is 2.00 e. The molecule has 6 N–H and O–H groups in total. The van der Waals surface area contributed by atoms with E-state index in [1.54, 1.807) is 6.92 Å². The summed E-state index contributed by atoms with van der Waals surface area (Å²) >= 11 is 0. The van der Waals surface area contributed by atoms with Gasteiger partial charge < -0.3 is 46.2 Å². The van der Waals surface area contributed by atoms with Crippen LogP contribution in [0.4, 0.5) is 4.79 Å². The number of nitrogens with two attached hydrogens (primary N) is 1. The first-order chi connectivity index (χ1) is 2.77. The average molecular weight is 236 g/mol. The quantitative estimate of drug-likeness (QED) is 0.455. The van der Waals surface area contributed by atoms with Gasteiger partial charge in [0.25, 0.3) is 0 Å². The number of hydrogen-bond acceptors (Lipinski definition) is 2. The van der Waals surface area contributed by atoms with Crippen molar-refractivity contribution in [3.05, 3.63) is 0 Å². The van der Waals surface area contributed by atoms with E-state index < -0.39 is 6.09 Å². The molecular formula is C3H11CaCl2NO4. The number of halogens is 2. The molecule has 0 aliphatic carbocycles. The zero-order valence-corrected chi connectivity index (χ0v) is 9.78. The summed E-state index contributed by atoms with van der Waals surface area (Å²) < 4.78 is 4.18. The van der Waals surface area contributed by atoms with Gasteiger partial charge in [-0.15, -0.1) is 0 Å². The van der Waals surface area contributed by atoms with Gasteiger partial charge in [-0.3, -0.25) is 0 Å². The van der Waals surface area contributed by atoms with E-state index >= 15 is 0 Å². The molecular weight excluding hydrogens is 225 g/mol. The van der Waals surface area contributed by atoms with Gasteiger partial charge in [0.1, 0.15) is 0 Å². The molecule has 0 radical (unpaired) electrons. The minimum absolute atomic E-state index is 0. The third kappa shape index (κ3) is 55.4. The molecule has 0 atom stereocenters. The van der Waals surface area contributed by atoms with E-state index in [4.69, 9.17) is 0 Å². The summed E-state index contributed by atoms with van der Waals surface area (Å²) in [7, 11) is 0. The number of rotatable bonds is 1. The van der Waals surface area contributed by atoms with Crippen LogP contribution in [0.2, 0.25) is 0 Å². The minimum atomic E-state index is -0.711. The maximum absolute atomic E-state index is 9.60. The number of hydrogen-bond donors (Lipinski definition) is 1. The van der Waals surface area contributed by atoms with Crippen molar-refractivity contribution in [1.82, 2.24) is 0 Å². The Morgan fingerprint density at radius 3 is 1.64 bits per heavy atom. The third-order valence-corrected chi connectivity index (χ3v) is 0.287. The molecule has 0 aliphatic rings. The van der Waals surface area contributed by atoms with E-state index in [2.05, 4.69) is 10.5 Å². The second-order valence-corrected chi connectivity index (χ2v) is 0.752. The van der Waals surface area contributed by atoms with Gasteiger partial charge in [-0.25, -0.2) is 4.79 Å².